The van der Waals surface area contributed by atoms with Gasteiger partial charge in [0.1, 0.15) is 0 Å². The summed E-state index contributed by atoms with van der Waals surface area (Å²) >= 11 is 2.02. The summed E-state index contributed by atoms with van der Waals surface area (Å²) in [6.07, 6.45) is 2.53. The molecule has 3 N–H and O–H groups in total. The standard InChI is InChI=1S/C16H32N4OS.HI/c1-6-17-14(20-12-16(5)8-7-11-22-16)19-10-9-18-13(21)15(2,3)4;/h6-12H2,1-5H3,(H,18,21)(H2,17,19,20);1H. The van der Waals surface area contributed by atoms with Crippen molar-refractivity contribution in [1.29, 1.82) is 0 Å². The zero-order valence-corrected chi connectivity index (χ0v) is 18.3. The maximum absolute atomic E-state index is 11.8. The van der Waals surface area contributed by atoms with Crippen LogP contribution in [-0.4, -0.2) is 48.5 Å². The fourth-order valence-electron chi connectivity index (χ4n) is 2.17. The Hall–Kier alpha value is -0.180. The van der Waals surface area contributed by atoms with Gasteiger partial charge < -0.3 is 16.0 Å². The molecule has 1 saturated heterocycles. The topological polar surface area (TPSA) is 65.5 Å². The molecular weight excluding hydrogens is 423 g/mol. The van der Waals surface area contributed by atoms with E-state index in [9.17, 15) is 4.79 Å². The number of carbonyl (C=O) groups is 1. The molecule has 7 heteroatoms. The van der Waals surface area contributed by atoms with Gasteiger partial charge in [0.05, 0.1) is 6.54 Å². The average Bonchev–Trinajstić information content (AvgIpc) is 2.86. The van der Waals surface area contributed by atoms with Gasteiger partial charge in [-0.05, 0) is 32.4 Å². The van der Waals surface area contributed by atoms with Gasteiger partial charge in [-0.15, -0.1) is 24.0 Å². The summed E-state index contributed by atoms with van der Waals surface area (Å²) in [5.41, 5.74) is -0.340. The molecule has 1 aliphatic heterocycles. The van der Waals surface area contributed by atoms with Crippen LogP contribution in [-0.2, 0) is 4.79 Å². The molecule has 23 heavy (non-hydrogen) atoms. The van der Waals surface area contributed by atoms with Crippen molar-refractivity contribution < 1.29 is 4.79 Å². The second-order valence-electron chi connectivity index (χ2n) is 7.03. The van der Waals surface area contributed by atoms with Crippen molar-refractivity contribution >= 4 is 47.6 Å². The number of hydrogen-bond donors (Lipinski definition) is 3. The lowest BCUT2D eigenvalue weighted by Crippen LogP contribution is -2.44. The van der Waals surface area contributed by atoms with Crippen molar-refractivity contribution in [3.05, 3.63) is 0 Å². The SMILES string of the molecule is CCNC(=NCC1(C)CCCS1)NCCNC(=O)C(C)(C)C.I. The first kappa shape index (κ1) is 22.8. The first-order valence-corrected chi connectivity index (χ1v) is 9.20. The molecule has 0 saturated carbocycles. The molecule has 1 heterocycles. The third-order valence-electron chi connectivity index (χ3n) is 3.60. The highest BCUT2D eigenvalue weighted by atomic mass is 127. The van der Waals surface area contributed by atoms with Gasteiger partial charge in [0.25, 0.3) is 0 Å². The van der Waals surface area contributed by atoms with Crippen molar-refractivity contribution in [3.8, 4) is 0 Å². The smallest absolute Gasteiger partial charge is 0.225 e. The maximum atomic E-state index is 11.8. The third-order valence-corrected chi connectivity index (χ3v) is 5.12. The average molecular weight is 456 g/mol. The van der Waals surface area contributed by atoms with Crippen molar-refractivity contribution in [2.45, 2.75) is 52.2 Å². The fraction of sp³-hybridized carbons (Fsp3) is 0.875. The zero-order valence-electron chi connectivity index (χ0n) is 15.1. The third kappa shape index (κ3) is 9.02. The summed E-state index contributed by atoms with van der Waals surface area (Å²) in [4.78, 5) is 16.5. The van der Waals surface area contributed by atoms with Gasteiger partial charge in [-0.2, -0.15) is 11.8 Å². The van der Waals surface area contributed by atoms with Crippen LogP contribution < -0.4 is 16.0 Å². The molecule has 1 fully saturated rings. The Balaban J connectivity index is 0.00000484. The number of hydrogen-bond acceptors (Lipinski definition) is 3. The number of nitrogens with one attached hydrogen (secondary N) is 3. The van der Waals surface area contributed by atoms with E-state index in [0.29, 0.717) is 13.1 Å². The second-order valence-corrected chi connectivity index (χ2v) is 8.71. The van der Waals surface area contributed by atoms with Gasteiger partial charge in [-0.25, -0.2) is 0 Å². The number of amides is 1. The van der Waals surface area contributed by atoms with Crippen LogP contribution in [0.15, 0.2) is 4.99 Å². The van der Waals surface area contributed by atoms with Crippen LogP contribution in [0.1, 0.15) is 47.5 Å². The van der Waals surface area contributed by atoms with E-state index in [1.807, 2.05) is 32.5 Å². The summed E-state index contributed by atoms with van der Waals surface area (Å²) in [7, 11) is 0. The van der Waals surface area contributed by atoms with Crippen LogP contribution in [0.3, 0.4) is 0 Å². The van der Waals surface area contributed by atoms with Gasteiger partial charge >= 0.3 is 0 Å². The van der Waals surface area contributed by atoms with E-state index in [-0.39, 0.29) is 40.0 Å². The maximum Gasteiger partial charge on any atom is 0.225 e. The van der Waals surface area contributed by atoms with Gasteiger partial charge in [-0.1, -0.05) is 20.8 Å². The van der Waals surface area contributed by atoms with E-state index >= 15 is 0 Å². The summed E-state index contributed by atoms with van der Waals surface area (Å²) in [5.74, 6) is 2.15. The van der Waals surface area contributed by atoms with E-state index in [2.05, 4.69) is 29.8 Å². The number of guanidine groups is 1. The van der Waals surface area contributed by atoms with E-state index in [1.165, 1.54) is 18.6 Å². The van der Waals surface area contributed by atoms with Crippen LogP contribution in [0.5, 0.6) is 0 Å². The fourth-order valence-corrected chi connectivity index (χ4v) is 3.40. The molecular formula is C16H33IN4OS. The van der Waals surface area contributed by atoms with Crippen LogP contribution in [0, 0.1) is 5.41 Å². The lowest BCUT2D eigenvalue weighted by Gasteiger charge is -2.21. The monoisotopic (exact) mass is 456 g/mol. The molecule has 1 amide bonds. The second kappa shape index (κ2) is 10.6. The molecule has 1 rings (SSSR count). The predicted molar refractivity (Wildman–Crippen MR) is 112 cm³/mol. The first-order chi connectivity index (χ1) is 10.3. The molecule has 5 nitrogen and oxygen atoms in total. The molecule has 1 aliphatic rings. The Bertz CT molecular complexity index is 390. The molecule has 0 aromatic carbocycles. The number of thioether (sulfide) groups is 1. The first-order valence-electron chi connectivity index (χ1n) is 8.21. The number of carbonyl (C=O) groups excluding carboxylic acids is 1. The van der Waals surface area contributed by atoms with Crippen LogP contribution in [0.25, 0.3) is 0 Å². The molecule has 0 spiro atoms. The van der Waals surface area contributed by atoms with Gasteiger partial charge in [0.15, 0.2) is 5.96 Å². The largest absolute Gasteiger partial charge is 0.357 e. The van der Waals surface area contributed by atoms with Crippen molar-refractivity contribution in [2.75, 3.05) is 31.9 Å². The number of aliphatic imine (C=N–C) groups is 1. The van der Waals surface area contributed by atoms with E-state index in [1.54, 1.807) is 0 Å². The molecule has 0 aliphatic carbocycles. The Morgan fingerprint density at radius 1 is 1.22 bits per heavy atom. The lowest BCUT2D eigenvalue weighted by atomic mass is 9.96. The number of rotatable bonds is 6. The summed E-state index contributed by atoms with van der Waals surface area (Å²) < 4.78 is 0.281. The van der Waals surface area contributed by atoms with Gasteiger partial charge in [0, 0.05) is 29.8 Å². The van der Waals surface area contributed by atoms with Crippen LogP contribution >= 0.6 is 35.7 Å². The van der Waals surface area contributed by atoms with Crippen LogP contribution in [0.4, 0.5) is 0 Å². The Labute approximate surface area is 162 Å². The highest BCUT2D eigenvalue weighted by Gasteiger charge is 2.29. The zero-order chi connectivity index (χ0) is 16.6. The Morgan fingerprint density at radius 3 is 2.39 bits per heavy atom. The van der Waals surface area contributed by atoms with Crippen molar-refractivity contribution in [3.63, 3.8) is 0 Å². The molecule has 136 valence electrons. The highest BCUT2D eigenvalue weighted by molar-refractivity contribution is 14.0. The van der Waals surface area contributed by atoms with E-state index in [0.717, 1.165) is 19.0 Å². The Morgan fingerprint density at radius 2 is 1.87 bits per heavy atom. The number of halogens is 1. The normalized spacial score (nSPS) is 21.5. The molecule has 1 unspecified atom stereocenters. The predicted octanol–water partition coefficient (Wildman–Crippen LogP) is 2.61. The minimum atomic E-state index is -0.340. The van der Waals surface area contributed by atoms with Gasteiger partial charge in [0.2, 0.25) is 5.91 Å². The number of nitrogens with zero attached hydrogens (tertiary/aromatic N) is 1. The minimum absolute atomic E-state index is 0. The van der Waals surface area contributed by atoms with E-state index < -0.39 is 0 Å². The summed E-state index contributed by atoms with van der Waals surface area (Å²) in [6, 6.07) is 0. The lowest BCUT2D eigenvalue weighted by molar-refractivity contribution is -0.128. The summed E-state index contributed by atoms with van der Waals surface area (Å²) in [6.45, 7) is 13.1. The van der Waals surface area contributed by atoms with E-state index in [4.69, 9.17) is 4.99 Å². The molecule has 0 aromatic heterocycles. The van der Waals surface area contributed by atoms with Crippen LogP contribution in [0.2, 0.25) is 0 Å². The van der Waals surface area contributed by atoms with Gasteiger partial charge in [-0.3, -0.25) is 9.79 Å². The highest BCUT2D eigenvalue weighted by Crippen LogP contribution is 2.37. The quantitative estimate of drug-likeness (QED) is 0.249. The Kier molecular flexibility index (Phi) is 10.6. The molecule has 0 radical (unpaired) electrons. The molecule has 0 aromatic rings. The summed E-state index contributed by atoms with van der Waals surface area (Å²) in [5, 5.41) is 9.48. The molecule has 1 atom stereocenters. The minimum Gasteiger partial charge on any atom is -0.357 e. The van der Waals surface area contributed by atoms with Crippen molar-refractivity contribution in [2.24, 2.45) is 10.4 Å². The molecule has 0 bridgehead atoms. The van der Waals surface area contributed by atoms with Crippen molar-refractivity contribution in [1.82, 2.24) is 16.0 Å².